The summed E-state index contributed by atoms with van der Waals surface area (Å²) in [6.07, 6.45) is 2.29. The van der Waals surface area contributed by atoms with Gasteiger partial charge in [-0.3, -0.25) is 9.69 Å². The molecule has 0 aromatic carbocycles. The molecule has 0 unspecified atom stereocenters. The number of hydrogen-bond donors (Lipinski definition) is 0. The highest BCUT2D eigenvalue weighted by atomic mass is 28.3. The maximum absolute atomic E-state index is 12.3. The van der Waals surface area contributed by atoms with Gasteiger partial charge in [-0.2, -0.15) is 0 Å². The fourth-order valence-electron chi connectivity index (χ4n) is 2.58. The number of rotatable bonds is 5. The van der Waals surface area contributed by atoms with Crippen LogP contribution in [-0.4, -0.2) is 45.2 Å². The predicted octanol–water partition coefficient (Wildman–Crippen LogP) is 2.57. The molecule has 1 fully saturated rings. The van der Waals surface area contributed by atoms with E-state index in [0.717, 1.165) is 6.29 Å². The zero-order chi connectivity index (χ0) is 16.3. The van der Waals surface area contributed by atoms with Gasteiger partial charge in [0, 0.05) is 13.0 Å². The predicted molar refractivity (Wildman–Crippen MR) is 84.6 cm³/mol. The second-order valence-corrected chi connectivity index (χ2v) is 9.21. The highest BCUT2D eigenvalue weighted by molar-refractivity contribution is 6.48. The quantitative estimate of drug-likeness (QED) is 0.445. The lowest BCUT2D eigenvalue weighted by Crippen LogP contribution is -2.52. The third-order valence-electron chi connectivity index (χ3n) is 3.79. The van der Waals surface area contributed by atoms with Gasteiger partial charge in [0.1, 0.15) is 6.61 Å². The van der Waals surface area contributed by atoms with Gasteiger partial charge in [0.25, 0.3) is 0 Å². The highest BCUT2D eigenvalue weighted by Gasteiger charge is 2.52. The van der Waals surface area contributed by atoms with Crippen molar-refractivity contribution in [2.45, 2.75) is 46.0 Å². The van der Waals surface area contributed by atoms with Crippen molar-refractivity contribution in [3.8, 4) is 0 Å². The Labute approximate surface area is 129 Å². The Kier molecular flexibility index (Phi) is 5.75. The first-order valence-electron chi connectivity index (χ1n) is 7.35. The van der Waals surface area contributed by atoms with Gasteiger partial charge in [-0.25, -0.2) is 4.79 Å². The van der Waals surface area contributed by atoms with Crippen LogP contribution < -0.4 is 0 Å². The molecule has 0 radical (unpaired) electrons. The van der Waals surface area contributed by atoms with Gasteiger partial charge in [0.2, 0.25) is 0 Å². The van der Waals surface area contributed by atoms with Crippen molar-refractivity contribution < 1.29 is 18.8 Å². The third kappa shape index (κ3) is 4.17. The van der Waals surface area contributed by atoms with Crippen LogP contribution >= 0.6 is 0 Å². The number of nitrogens with zero attached hydrogens (tertiary/aromatic N) is 1. The van der Waals surface area contributed by atoms with Crippen LogP contribution in [0.4, 0.5) is 4.79 Å². The fraction of sp³-hybridized carbons (Fsp3) is 0.733. The summed E-state index contributed by atoms with van der Waals surface area (Å²) < 4.78 is 11.1. The lowest BCUT2D eigenvalue weighted by molar-refractivity contribution is -0.133. The molecule has 1 amide bonds. The molecule has 1 aliphatic heterocycles. The minimum absolute atomic E-state index is 0.0103. The molecule has 0 N–H and O–H groups in total. The van der Waals surface area contributed by atoms with E-state index in [0.29, 0.717) is 13.0 Å². The van der Waals surface area contributed by atoms with Crippen LogP contribution in [0.25, 0.3) is 0 Å². The van der Waals surface area contributed by atoms with Gasteiger partial charge in [0.15, 0.2) is 21.1 Å². The van der Waals surface area contributed by atoms with Crippen molar-refractivity contribution in [1.82, 2.24) is 4.90 Å². The van der Waals surface area contributed by atoms with Gasteiger partial charge < -0.3 is 9.16 Å². The molecule has 21 heavy (non-hydrogen) atoms. The Morgan fingerprint density at radius 2 is 2.10 bits per heavy atom. The molecule has 1 rings (SSSR count). The molecule has 1 heterocycles. The number of likely N-dealkylation sites (tertiary alicyclic amines) is 1. The van der Waals surface area contributed by atoms with E-state index in [9.17, 15) is 9.59 Å². The molecule has 0 aromatic heterocycles. The van der Waals surface area contributed by atoms with Crippen LogP contribution in [0.5, 0.6) is 0 Å². The van der Waals surface area contributed by atoms with Gasteiger partial charge in [-0.1, -0.05) is 33.4 Å². The average Bonchev–Trinajstić information content (AvgIpc) is 2.75. The Morgan fingerprint density at radius 1 is 1.48 bits per heavy atom. The number of aldehydes is 1. The first-order valence-corrected chi connectivity index (χ1v) is 10.1. The van der Waals surface area contributed by atoms with Crippen molar-refractivity contribution >= 4 is 21.4 Å². The SMILES string of the molecule is C=CCOC(=O)N1C[C@@H](C(C)(C)C)C[C@@]1(C=O)O[SiH](C)C. The number of hydrogen-bond acceptors (Lipinski definition) is 4. The summed E-state index contributed by atoms with van der Waals surface area (Å²) in [7, 11) is -1.50. The maximum atomic E-state index is 12.3. The molecule has 2 atom stereocenters. The van der Waals surface area contributed by atoms with Crippen LogP contribution in [-0.2, 0) is 14.0 Å². The molecule has 0 aromatic rings. The summed E-state index contributed by atoms with van der Waals surface area (Å²) in [5.74, 6) is 0.187. The van der Waals surface area contributed by atoms with Crippen molar-refractivity contribution in [1.29, 1.82) is 0 Å². The van der Waals surface area contributed by atoms with E-state index >= 15 is 0 Å². The van der Waals surface area contributed by atoms with E-state index in [4.69, 9.17) is 9.16 Å². The lowest BCUT2D eigenvalue weighted by Gasteiger charge is -2.34. The molecule has 5 nitrogen and oxygen atoms in total. The first kappa shape index (κ1) is 17.9. The van der Waals surface area contributed by atoms with Crippen LogP contribution in [0, 0.1) is 11.3 Å². The van der Waals surface area contributed by atoms with E-state index in [1.165, 1.54) is 11.0 Å². The molecule has 1 aliphatic rings. The third-order valence-corrected chi connectivity index (χ3v) is 4.67. The number of amides is 1. The summed E-state index contributed by atoms with van der Waals surface area (Å²) in [6, 6.07) is 0. The van der Waals surface area contributed by atoms with Crippen LogP contribution in [0.1, 0.15) is 27.2 Å². The van der Waals surface area contributed by atoms with Gasteiger partial charge in [-0.15, -0.1) is 0 Å². The summed E-state index contributed by atoms with van der Waals surface area (Å²) in [5.41, 5.74) is -1.18. The minimum atomic E-state index is -1.50. The van der Waals surface area contributed by atoms with E-state index in [-0.39, 0.29) is 17.9 Å². The summed E-state index contributed by atoms with van der Waals surface area (Å²) >= 11 is 0. The van der Waals surface area contributed by atoms with Crippen LogP contribution in [0.3, 0.4) is 0 Å². The second-order valence-electron chi connectivity index (χ2n) is 6.87. The Morgan fingerprint density at radius 3 is 2.52 bits per heavy atom. The molecule has 1 saturated heterocycles. The normalized spacial score (nSPS) is 26.0. The van der Waals surface area contributed by atoms with Crippen LogP contribution in [0.2, 0.25) is 13.1 Å². The van der Waals surface area contributed by atoms with E-state index in [1.54, 1.807) is 0 Å². The number of carbonyl (C=O) groups is 2. The van der Waals surface area contributed by atoms with E-state index in [2.05, 4.69) is 27.4 Å². The van der Waals surface area contributed by atoms with Gasteiger partial charge >= 0.3 is 6.09 Å². The zero-order valence-electron chi connectivity index (χ0n) is 13.7. The lowest BCUT2D eigenvalue weighted by atomic mass is 9.79. The van der Waals surface area contributed by atoms with E-state index < -0.39 is 20.9 Å². The average molecular weight is 313 g/mol. The van der Waals surface area contributed by atoms with E-state index in [1.807, 2.05) is 13.1 Å². The Bertz CT molecular complexity index is 405. The standard InChI is InChI=1S/C15H27NO4Si/c1-7-8-19-13(18)16-10-12(14(2,3)4)9-15(16,11-17)20-21(5)6/h7,11-12,21H,1,8-10H2,2-6H3/t12-,15-/m0/s1. The maximum Gasteiger partial charge on any atom is 0.412 e. The summed E-state index contributed by atoms with van der Waals surface area (Å²) in [6.45, 7) is 14.4. The summed E-state index contributed by atoms with van der Waals surface area (Å²) in [5, 5.41) is 0. The molecular formula is C15H27NO4Si. The molecule has 120 valence electrons. The smallest absolute Gasteiger partial charge is 0.412 e. The topological polar surface area (TPSA) is 55.8 Å². The van der Waals surface area contributed by atoms with Crippen molar-refractivity contribution in [2.24, 2.45) is 11.3 Å². The molecule has 0 saturated carbocycles. The zero-order valence-corrected chi connectivity index (χ0v) is 14.9. The molecular weight excluding hydrogens is 286 g/mol. The Hall–Kier alpha value is -1.14. The first-order chi connectivity index (χ1) is 9.66. The summed E-state index contributed by atoms with van der Waals surface area (Å²) in [4.78, 5) is 25.5. The van der Waals surface area contributed by atoms with Gasteiger partial charge in [0.05, 0.1) is 0 Å². The van der Waals surface area contributed by atoms with Crippen molar-refractivity contribution in [2.75, 3.05) is 13.2 Å². The number of carbonyl (C=O) groups excluding carboxylic acids is 2. The highest BCUT2D eigenvalue weighted by Crippen LogP contribution is 2.42. The molecule has 6 heteroatoms. The van der Waals surface area contributed by atoms with Crippen molar-refractivity contribution in [3.63, 3.8) is 0 Å². The van der Waals surface area contributed by atoms with Crippen LogP contribution in [0.15, 0.2) is 12.7 Å². The Balaban J connectivity index is 3.05. The molecule has 0 aliphatic carbocycles. The largest absolute Gasteiger partial charge is 0.445 e. The molecule has 0 spiro atoms. The molecule has 0 bridgehead atoms. The minimum Gasteiger partial charge on any atom is -0.445 e. The fourth-order valence-corrected chi connectivity index (χ4v) is 3.67. The van der Waals surface area contributed by atoms with Crippen molar-refractivity contribution in [3.05, 3.63) is 12.7 Å². The van der Waals surface area contributed by atoms with Gasteiger partial charge in [-0.05, 0) is 24.4 Å². The second kappa shape index (κ2) is 6.75. The monoisotopic (exact) mass is 313 g/mol. The number of ether oxygens (including phenoxy) is 1.